The summed E-state index contributed by atoms with van der Waals surface area (Å²) >= 11 is 0. The van der Waals surface area contributed by atoms with Gasteiger partial charge in [0.2, 0.25) is 5.91 Å². The van der Waals surface area contributed by atoms with Gasteiger partial charge in [-0.15, -0.1) is 0 Å². The lowest BCUT2D eigenvalue weighted by atomic mass is 10.0. The minimum absolute atomic E-state index is 0.0448. The van der Waals surface area contributed by atoms with Crippen LogP contribution in [0.1, 0.15) is 40.9 Å². The number of aromatic nitrogens is 6. The lowest BCUT2D eigenvalue weighted by molar-refractivity contribution is -0.140. The summed E-state index contributed by atoms with van der Waals surface area (Å²) in [7, 11) is 1.28. The van der Waals surface area contributed by atoms with Gasteiger partial charge in [0, 0.05) is 48.4 Å². The Balaban J connectivity index is 1.23. The first-order chi connectivity index (χ1) is 21.6. The first kappa shape index (κ1) is 29.7. The lowest BCUT2D eigenvalue weighted by Crippen LogP contribution is -2.43. The molecule has 1 saturated heterocycles. The Kier molecular flexibility index (Phi) is 7.92. The molecular formula is C32H30FN7O5. The summed E-state index contributed by atoms with van der Waals surface area (Å²) in [4.78, 5) is 61.1. The predicted octanol–water partition coefficient (Wildman–Crippen LogP) is 3.12. The van der Waals surface area contributed by atoms with Gasteiger partial charge in [0.05, 0.1) is 49.4 Å². The van der Waals surface area contributed by atoms with Crippen LogP contribution in [0.25, 0.3) is 27.7 Å². The van der Waals surface area contributed by atoms with Crippen LogP contribution in [0.15, 0.2) is 54.9 Å². The van der Waals surface area contributed by atoms with Crippen LogP contribution in [-0.4, -0.2) is 83.6 Å². The molecule has 1 amide bonds. The molecule has 230 valence electrons. The molecule has 1 aromatic carbocycles. The highest BCUT2D eigenvalue weighted by molar-refractivity contribution is 6.06. The van der Waals surface area contributed by atoms with Crippen molar-refractivity contribution in [2.45, 2.75) is 51.9 Å². The van der Waals surface area contributed by atoms with Crippen LogP contribution in [0.5, 0.6) is 0 Å². The lowest BCUT2D eigenvalue weighted by Gasteiger charge is -2.23. The molecule has 2 atom stereocenters. The third kappa shape index (κ3) is 6.06. The van der Waals surface area contributed by atoms with Crippen LogP contribution < -0.4 is 0 Å². The Morgan fingerprint density at radius 3 is 2.56 bits per heavy atom. The molecule has 13 heteroatoms. The number of esters is 1. The number of benzene rings is 1. The van der Waals surface area contributed by atoms with Crippen molar-refractivity contribution in [3.63, 3.8) is 0 Å². The summed E-state index contributed by atoms with van der Waals surface area (Å²) in [5.41, 5.74) is 4.71. The zero-order chi connectivity index (χ0) is 31.8. The molecule has 0 spiro atoms. The predicted molar refractivity (Wildman–Crippen MR) is 160 cm³/mol. The molecule has 4 aromatic heterocycles. The van der Waals surface area contributed by atoms with Gasteiger partial charge in [-0.2, -0.15) is 10.2 Å². The molecule has 6 rings (SSSR count). The van der Waals surface area contributed by atoms with Gasteiger partial charge in [0.25, 0.3) is 0 Å². The zero-order valence-corrected chi connectivity index (χ0v) is 24.9. The number of carbonyl (C=O) groups excluding carboxylic acids is 4. The maximum absolute atomic E-state index is 14.6. The number of halogens is 1. The summed E-state index contributed by atoms with van der Waals surface area (Å²) in [6.07, 6.45) is 1.91. The van der Waals surface area contributed by atoms with Crippen molar-refractivity contribution in [2.24, 2.45) is 0 Å². The molecule has 0 radical (unpaired) electrons. The van der Waals surface area contributed by atoms with E-state index in [0.717, 1.165) is 16.8 Å². The van der Waals surface area contributed by atoms with Crippen LogP contribution in [-0.2, 0) is 38.5 Å². The third-order valence-electron chi connectivity index (χ3n) is 7.85. The van der Waals surface area contributed by atoms with Gasteiger partial charge in [0.1, 0.15) is 18.4 Å². The number of carbonyl (C=O) groups is 4. The summed E-state index contributed by atoms with van der Waals surface area (Å²) in [6.45, 7) is 2.77. The molecule has 0 aliphatic carbocycles. The van der Waals surface area contributed by atoms with Gasteiger partial charge in [-0.25, -0.2) is 13.9 Å². The number of amides is 1. The number of hydrogen-bond acceptors (Lipinski definition) is 9. The highest BCUT2D eigenvalue weighted by Crippen LogP contribution is 2.28. The fourth-order valence-corrected chi connectivity index (χ4v) is 5.71. The van der Waals surface area contributed by atoms with Crippen molar-refractivity contribution in [2.75, 3.05) is 13.7 Å². The number of pyridine rings is 1. The Labute approximate surface area is 256 Å². The SMILES string of the molecule is COC(=O)Cc1cccc(CC(=O)[C@@H]2C[C@@H](F)CN2C(=O)Cn2nc(C(C)=O)c3cc(-c4cnc5cc(C)nn5c4)ccc32)n1. The highest BCUT2D eigenvalue weighted by Gasteiger charge is 2.39. The van der Waals surface area contributed by atoms with E-state index in [2.05, 4.69) is 24.9 Å². The molecule has 45 heavy (non-hydrogen) atoms. The van der Waals surface area contributed by atoms with E-state index in [1.165, 1.54) is 23.6 Å². The third-order valence-corrected chi connectivity index (χ3v) is 7.85. The zero-order valence-electron chi connectivity index (χ0n) is 24.9. The number of likely N-dealkylation sites (tertiary alicyclic amines) is 1. The number of ketones is 2. The Morgan fingerprint density at radius 2 is 1.80 bits per heavy atom. The number of rotatable bonds is 9. The monoisotopic (exact) mass is 611 g/mol. The van der Waals surface area contributed by atoms with Gasteiger partial charge in [-0.3, -0.25) is 28.8 Å². The topological polar surface area (TPSA) is 142 Å². The second-order valence-electron chi connectivity index (χ2n) is 11.1. The van der Waals surface area contributed by atoms with Crippen molar-refractivity contribution in [3.05, 3.63) is 77.6 Å². The van der Waals surface area contributed by atoms with Crippen LogP contribution in [0.4, 0.5) is 4.39 Å². The van der Waals surface area contributed by atoms with Crippen molar-refractivity contribution in [3.8, 4) is 11.1 Å². The second-order valence-corrected chi connectivity index (χ2v) is 11.1. The summed E-state index contributed by atoms with van der Waals surface area (Å²) in [5.74, 6) is -1.59. The van der Waals surface area contributed by atoms with Crippen LogP contribution in [0.2, 0.25) is 0 Å². The van der Waals surface area contributed by atoms with E-state index in [1.807, 2.05) is 31.3 Å². The van der Waals surface area contributed by atoms with E-state index in [4.69, 9.17) is 0 Å². The standard InChI is InChI=1S/C32H30FN7O5/c1-18-9-29-34-14-21(15-40(29)36-18)20-7-8-26-25(10-20)32(19(2)41)37-39(26)17-30(43)38-16-22(33)11-27(38)28(42)12-23-5-4-6-24(35-23)13-31(44)45-3/h4-10,14-15,22,27H,11-13,16-17H2,1-3H3/t22-,27+/m1/s1. The van der Waals surface area contributed by atoms with Gasteiger partial charge < -0.3 is 9.64 Å². The Hall–Kier alpha value is -5.33. The normalized spacial score (nSPS) is 16.4. The molecule has 0 saturated carbocycles. The van der Waals surface area contributed by atoms with Crippen LogP contribution >= 0.6 is 0 Å². The summed E-state index contributed by atoms with van der Waals surface area (Å²) in [5, 5.41) is 9.42. The molecule has 0 N–H and O–H groups in total. The number of alkyl halides is 1. The van der Waals surface area contributed by atoms with Crippen LogP contribution in [0.3, 0.4) is 0 Å². The van der Waals surface area contributed by atoms with E-state index >= 15 is 0 Å². The number of nitrogens with zero attached hydrogens (tertiary/aromatic N) is 7. The summed E-state index contributed by atoms with van der Waals surface area (Å²) in [6, 6.07) is 11.3. The average Bonchev–Trinajstić information content (AvgIpc) is 3.70. The Bertz CT molecular complexity index is 1980. The van der Waals surface area contributed by atoms with Crippen molar-refractivity contribution < 1.29 is 28.3 Å². The first-order valence-corrected chi connectivity index (χ1v) is 14.4. The fraction of sp³-hybridized carbons (Fsp3) is 0.312. The molecule has 1 aliphatic rings. The number of ether oxygens (including phenoxy) is 1. The number of fused-ring (bicyclic) bond motifs is 2. The molecule has 5 heterocycles. The van der Waals surface area contributed by atoms with E-state index in [1.54, 1.807) is 35.0 Å². The molecule has 0 bridgehead atoms. The van der Waals surface area contributed by atoms with E-state index in [0.29, 0.717) is 27.9 Å². The second kappa shape index (κ2) is 12.0. The highest BCUT2D eigenvalue weighted by atomic mass is 19.1. The van der Waals surface area contributed by atoms with Crippen molar-refractivity contribution in [1.29, 1.82) is 0 Å². The smallest absolute Gasteiger partial charge is 0.311 e. The number of Topliss-reactive ketones (excluding diaryl/α,β-unsaturated/α-hetero) is 2. The van der Waals surface area contributed by atoms with Crippen molar-refractivity contribution in [1.82, 2.24) is 34.3 Å². The molecule has 1 aliphatic heterocycles. The quantitative estimate of drug-likeness (QED) is 0.182. The molecule has 1 fully saturated rings. The first-order valence-electron chi connectivity index (χ1n) is 14.4. The fourth-order valence-electron chi connectivity index (χ4n) is 5.71. The molecule has 12 nitrogen and oxygen atoms in total. The minimum atomic E-state index is -1.37. The van der Waals surface area contributed by atoms with E-state index in [-0.39, 0.29) is 49.6 Å². The maximum atomic E-state index is 14.6. The largest absolute Gasteiger partial charge is 0.469 e. The van der Waals surface area contributed by atoms with Gasteiger partial charge in [0.15, 0.2) is 17.2 Å². The average molecular weight is 612 g/mol. The minimum Gasteiger partial charge on any atom is -0.469 e. The number of aryl methyl sites for hydroxylation is 1. The van der Waals surface area contributed by atoms with Gasteiger partial charge in [-0.05, 0) is 36.8 Å². The molecule has 0 unspecified atom stereocenters. The van der Waals surface area contributed by atoms with Gasteiger partial charge >= 0.3 is 5.97 Å². The van der Waals surface area contributed by atoms with Gasteiger partial charge in [-0.1, -0.05) is 12.1 Å². The summed E-state index contributed by atoms with van der Waals surface area (Å²) < 4.78 is 22.4. The van der Waals surface area contributed by atoms with Crippen molar-refractivity contribution >= 4 is 40.0 Å². The molecule has 5 aromatic rings. The Morgan fingerprint density at radius 1 is 1.02 bits per heavy atom. The maximum Gasteiger partial charge on any atom is 0.311 e. The number of methoxy groups -OCH3 is 1. The van der Waals surface area contributed by atoms with E-state index < -0.39 is 24.1 Å². The molecular weight excluding hydrogens is 581 g/mol. The van der Waals surface area contributed by atoms with E-state index in [9.17, 15) is 23.6 Å². The number of hydrogen-bond donors (Lipinski definition) is 0. The van der Waals surface area contributed by atoms with Crippen LogP contribution in [0, 0.1) is 6.92 Å².